The zero-order valence-corrected chi connectivity index (χ0v) is 11.2. The van der Waals surface area contributed by atoms with Crippen LogP contribution in [0.5, 0.6) is 0 Å². The minimum atomic E-state index is -4.15. The Hall–Kier alpha value is -1.74. The van der Waals surface area contributed by atoms with Gasteiger partial charge in [-0.05, 0) is 24.6 Å². The molecular weight excluding hydrogens is 267 g/mol. The van der Waals surface area contributed by atoms with Crippen LogP contribution in [0.15, 0.2) is 18.2 Å². The second-order valence-corrected chi connectivity index (χ2v) is 5.01. The lowest BCUT2D eigenvalue weighted by molar-refractivity contribution is -0.146. The van der Waals surface area contributed by atoms with Crippen molar-refractivity contribution < 1.29 is 13.2 Å². The van der Waals surface area contributed by atoms with Crippen LogP contribution in [0.25, 0.3) is 0 Å². The lowest BCUT2D eigenvalue weighted by Crippen LogP contribution is -2.49. The number of hydrogen-bond donors (Lipinski definition) is 0. The van der Waals surface area contributed by atoms with Crippen molar-refractivity contribution in [1.29, 1.82) is 5.26 Å². The standard InChI is InChI=1S/C14H16F3N3/c1-11-2-3-12(9-18)13(8-11)20-6-4-19(5-7-20)10-14(15,16)17/h2-3,8H,4-7,10H2,1H3. The zero-order valence-electron chi connectivity index (χ0n) is 11.2. The Bertz CT molecular complexity index is 511. The van der Waals surface area contributed by atoms with Crippen LogP contribution in [0.4, 0.5) is 18.9 Å². The molecule has 0 bridgehead atoms. The Balaban J connectivity index is 2.04. The number of nitriles is 1. The van der Waals surface area contributed by atoms with E-state index in [1.54, 1.807) is 6.07 Å². The van der Waals surface area contributed by atoms with Gasteiger partial charge >= 0.3 is 6.18 Å². The molecule has 0 radical (unpaired) electrons. The van der Waals surface area contributed by atoms with E-state index in [1.807, 2.05) is 24.0 Å². The molecule has 0 atom stereocenters. The van der Waals surface area contributed by atoms with E-state index in [9.17, 15) is 13.2 Å². The molecule has 1 fully saturated rings. The molecule has 3 nitrogen and oxygen atoms in total. The van der Waals surface area contributed by atoms with Gasteiger partial charge in [0.15, 0.2) is 0 Å². The maximum absolute atomic E-state index is 12.3. The predicted octanol–water partition coefficient (Wildman–Crippen LogP) is 2.55. The predicted molar refractivity (Wildman–Crippen MR) is 70.6 cm³/mol. The molecule has 0 spiro atoms. The third-order valence-corrected chi connectivity index (χ3v) is 3.39. The normalized spacial score (nSPS) is 17.1. The number of alkyl halides is 3. The summed E-state index contributed by atoms with van der Waals surface area (Å²) in [5, 5.41) is 9.11. The van der Waals surface area contributed by atoms with Crippen LogP contribution >= 0.6 is 0 Å². The number of piperazine rings is 1. The van der Waals surface area contributed by atoms with Gasteiger partial charge in [0.25, 0.3) is 0 Å². The maximum Gasteiger partial charge on any atom is 0.401 e. The number of aryl methyl sites for hydroxylation is 1. The molecule has 0 aromatic heterocycles. The van der Waals surface area contributed by atoms with E-state index < -0.39 is 12.7 Å². The summed E-state index contributed by atoms with van der Waals surface area (Å²) in [6, 6.07) is 7.67. The summed E-state index contributed by atoms with van der Waals surface area (Å²) in [6.07, 6.45) is -4.15. The van der Waals surface area contributed by atoms with E-state index >= 15 is 0 Å². The van der Waals surface area contributed by atoms with Gasteiger partial charge in [-0.2, -0.15) is 18.4 Å². The smallest absolute Gasteiger partial charge is 0.368 e. The number of benzene rings is 1. The third-order valence-electron chi connectivity index (χ3n) is 3.39. The fourth-order valence-electron chi connectivity index (χ4n) is 2.40. The van der Waals surface area contributed by atoms with E-state index in [0.29, 0.717) is 31.7 Å². The molecular formula is C14H16F3N3. The quantitative estimate of drug-likeness (QED) is 0.835. The van der Waals surface area contributed by atoms with Gasteiger partial charge in [0.2, 0.25) is 0 Å². The average Bonchev–Trinajstić information content (AvgIpc) is 2.38. The van der Waals surface area contributed by atoms with Crippen molar-refractivity contribution in [3.63, 3.8) is 0 Å². The Morgan fingerprint density at radius 2 is 1.85 bits per heavy atom. The molecule has 1 aromatic carbocycles. The first-order valence-corrected chi connectivity index (χ1v) is 6.44. The van der Waals surface area contributed by atoms with E-state index in [0.717, 1.165) is 11.3 Å². The minimum Gasteiger partial charge on any atom is -0.368 e. The summed E-state index contributed by atoms with van der Waals surface area (Å²) in [6.45, 7) is 2.81. The highest BCUT2D eigenvalue weighted by molar-refractivity contribution is 5.61. The van der Waals surface area contributed by atoms with Crippen molar-refractivity contribution in [2.24, 2.45) is 0 Å². The molecule has 0 N–H and O–H groups in total. The van der Waals surface area contributed by atoms with Crippen molar-refractivity contribution in [1.82, 2.24) is 4.90 Å². The molecule has 1 aliphatic heterocycles. The van der Waals surface area contributed by atoms with Crippen LogP contribution in [0.3, 0.4) is 0 Å². The van der Waals surface area contributed by atoms with Crippen LogP contribution in [0, 0.1) is 18.3 Å². The summed E-state index contributed by atoms with van der Waals surface area (Å²) in [7, 11) is 0. The van der Waals surface area contributed by atoms with Crippen molar-refractivity contribution in [3.8, 4) is 6.07 Å². The SMILES string of the molecule is Cc1ccc(C#N)c(N2CCN(CC(F)(F)F)CC2)c1. The maximum atomic E-state index is 12.3. The average molecular weight is 283 g/mol. The van der Waals surface area contributed by atoms with Gasteiger partial charge in [0.1, 0.15) is 6.07 Å². The molecule has 1 aliphatic rings. The number of anilines is 1. The Morgan fingerprint density at radius 3 is 2.40 bits per heavy atom. The van der Waals surface area contributed by atoms with Crippen LogP contribution in [-0.4, -0.2) is 43.8 Å². The topological polar surface area (TPSA) is 30.3 Å². The number of hydrogen-bond acceptors (Lipinski definition) is 3. The summed E-state index contributed by atoms with van der Waals surface area (Å²) in [5.74, 6) is 0. The number of halogens is 3. The first-order chi connectivity index (χ1) is 9.39. The van der Waals surface area contributed by atoms with Gasteiger partial charge in [-0.1, -0.05) is 6.07 Å². The van der Waals surface area contributed by atoms with Gasteiger partial charge in [-0.15, -0.1) is 0 Å². The highest BCUT2D eigenvalue weighted by atomic mass is 19.4. The summed E-state index contributed by atoms with van der Waals surface area (Å²) < 4.78 is 37.0. The van der Waals surface area contributed by atoms with Crippen LogP contribution in [0.1, 0.15) is 11.1 Å². The molecule has 1 heterocycles. The van der Waals surface area contributed by atoms with Gasteiger partial charge in [-0.25, -0.2) is 0 Å². The van der Waals surface area contributed by atoms with Crippen molar-refractivity contribution >= 4 is 5.69 Å². The van der Waals surface area contributed by atoms with Gasteiger partial charge < -0.3 is 4.90 Å². The highest BCUT2D eigenvalue weighted by Gasteiger charge is 2.32. The number of nitrogens with zero attached hydrogens (tertiary/aromatic N) is 3. The van der Waals surface area contributed by atoms with Crippen molar-refractivity contribution in [2.45, 2.75) is 13.1 Å². The Labute approximate surface area is 116 Å². The fraction of sp³-hybridized carbons (Fsp3) is 0.500. The van der Waals surface area contributed by atoms with E-state index in [1.165, 1.54) is 4.90 Å². The molecule has 1 aromatic rings. The molecule has 6 heteroatoms. The van der Waals surface area contributed by atoms with Gasteiger partial charge in [0.05, 0.1) is 17.8 Å². The molecule has 2 rings (SSSR count). The second kappa shape index (κ2) is 5.71. The molecule has 0 aliphatic carbocycles. The monoisotopic (exact) mass is 283 g/mol. The largest absolute Gasteiger partial charge is 0.401 e. The van der Waals surface area contributed by atoms with Crippen molar-refractivity contribution in [2.75, 3.05) is 37.6 Å². The molecule has 0 amide bonds. The lowest BCUT2D eigenvalue weighted by Gasteiger charge is -2.36. The van der Waals surface area contributed by atoms with Gasteiger partial charge in [0, 0.05) is 26.2 Å². The third kappa shape index (κ3) is 3.64. The summed E-state index contributed by atoms with van der Waals surface area (Å²) in [4.78, 5) is 3.39. The van der Waals surface area contributed by atoms with Gasteiger partial charge in [-0.3, -0.25) is 4.90 Å². The molecule has 20 heavy (non-hydrogen) atoms. The Morgan fingerprint density at radius 1 is 1.20 bits per heavy atom. The molecule has 0 saturated carbocycles. The first kappa shape index (κ1) is 14.7. The molecule has 108 valence electrons. The highest BCUT2D eigenvalue weighted by Crippen LogP contribution is 2.24. The molecule has 1 saturated heterocycles. The van der Waals surface area contributed by atoms with Crippen LogP contribution in [0.2, 0.25) is 0 Å². The first-order valence-electron chi connectivity index (χ1n) is 6.44. The minimum absolute atomic E-state index is 0.359. The van der Waals surface area contributed by atoms with Crippen LogP contribution < -0.4 is 4.90 Å². The van der Waals surface area contributed by atoms with E-state index in [4.69, 9.17) is 5.26 Å². The van der Waals surface area contributed by atoms with E-state index in [2.05, 4.69) is 6.07 Å². The summed E-state index contributed by atoms with van der Waals surface area (Å²) >= 11 is 0. The fourth-order valence-corrected chi connectivity index (χ4v) is 2.40. The zero-order chi connectivity index (χ0) is 14.8. The van der Waals surface area contributed by atoms with Crippen molar-refractivity contribution in [3.05, 3.63) is 29.3 Å². The van der Waals surface area contributed by atoms with Crippen LogP contribution in [-0.2, 0) is 0 Å². The second-order valence-electron chi connectivity index (χ2n) is 5.01. The lowest BCUT2D eigenvalue weighted by atomic mass is 10.1. The van der Waals surface area contributed by atoms with E-state index in [-0.39, 0.29) is 0 Å². The summed E-state index contributed by atoms with van der Waals surface area (Å²) in [5.41, 5.74) is 2.43. The molecule has 0 unspecified atom stereocenters. The Kier molecular flexibility index (Phi) is 4.19. The number of rotatable bonds is 2.